The fourth-order valence-corrected chi connectivity index (χ4v) is 2.55. The van der Waals surface area contributed by atoms with E-state index in [1.807, 2.05) is 0 Å². The standard InChI is InChI=1S/C14H21N5O/c1-4-18-7-8-19(13(20)14(2,3)10-15)9-11(18)12-16-5-6-17-12/h5-6,11H,4,7-9H2,1-3H3,(H,16,17). The van der Waals surface area contributed by atoms with Crippen LogP contribution in [0.2, 0.25) is 0 Å². The summed E-state index contributed by atoms with van der Waals surface area (Å²) in [5.74, 6) is 0.770. The maximum atomic E-state index is 12.4. The molecule has 0 saturated carbocycles. The third kappa shape index (κ3) is 2.68. The van der Waals surface area contributed by atoms with Crippen LogP contribution >= 0.6 is 0 Å². The van der Waals surface area contributed by atoms with Gasteiger partial charge in [-0.1, -0.05) is 6.92 Å². The lowest BCUT2D eigenvalue weighted by Crippen LogP contribution is -2.53. The SMILES string of the molecule is CCN1CCN(C(=O)C(C)(C)C#N)CC1c1ncc[nH]1. The van der Waals surface area contributed by atoms with Crippen LogP contribution in [0.15, 0.2) is 12.4 Å². The molecule has 108 valence electrons. The summed E-state index contributed by atoms with van der Waals surface area (Å²) in [6, 6.07) is 2.16. The van der Waals surface area contributed by atoms with Crippen LogP contribution < -0.4 is 0 Å². The van der Waals surface area contributed by atoms with E-state index in [0.717, 1.165) is 18.9 Å². The van der Waals surface area contributed by atoms with Gasteiger partial charge in [0.05, 0.1) is 12.1 Å². The van der Waals surface area contributed by atoms with Gasteiger partial charge in [-0.05, 0) is 20.4 Å². The highest BCUT2D eigenvalue weighted by Crippen LogP contribution is 2.26. The van der Waals surface area contributed by atoms with E-state index in [0.29, 0.717) is 13.1 Å². The van der Waals surface area contributed by atoms with Crippen molar-refractivity contribution in [1.82, 2.24) is 19.8 Å². The van der Waals surface area contributed by atoms with Gasteiger partial charge in [0, 0.05) is 32.0 Å². The monoisotopic (exact) mass is 275 g/mol. The zero-order chi connectivity index (χ0) is 14.8. The van der Waals surface area contributed by atoms with E-state index in [4.69, 9.17) is 5.26 Å². The number of nitriles is 1. The summed E-state index contributed by atoms with van der Waals surface area (Å²) in [5, 5.41) is 9.12. The van der Waals surface area contributed by atoms with Crippen LogP contribution in [0.25, 0.3) is 0 Å². The van der Waals surface area contributed by atoms with Crippen molar-refractivity contribution in [3.8, 4) is 6.07 Å². The van der Waals surface area contributed by atoms with Crippen LogP contribution in [-0.4, -0.2) is 51.9 Å². The molecule has 6 nitrogen and oxygen atoms in total. The van der Waals surface area contributed by atoms with E-state index >= 15 is 0 Å². The first-order chi connectivity index (χ1) is 9.49. The number of nitrogens with zero attached hydrogens (tertiary/aromatic N) is 4. The molecule has 1 saturated heterocycles. The van der Waals surface area contributed by atoms with Gasteiger partial charge in [0.1, 0.15) is 11.2 Å². The zero-order valence-corrected chi connectivity index (χ0v) is 12.3. The van der Waals surface area contributed by atoms with Crippen LogP contribution in [-0.2, 0) is 4.79 Å². The number of carbonyl (C=O) groups excluding carboxylic acids is 1. The van der Waals surface area contributed by atoms with Crippen LogP contribution in [0.1, 0.15) is 32.6 Å². The molecule has 0 spiro atoms. The molecule has 0 aromatic carbocycles. The first-order valence-electron chi connectivity index (χ1n) is 6.93. The first kappa shape index (κ1) is 14.5. The number of piperazine rings is 1. The molecule has 1 aliphatic rings. The molecule has 0 radical (unpaired) electrons. The lowest BCUT2D eigenvalue weighted by molar-refractivity contribution is -0.140. The fourth-order valence-electron chi connectivity index (χ4n) is 2.55. The third-order valence-electron chi connectivity index (χ3n) is 3.83. The Hall–Kier alpha value is -1.87. The largest absolute Gasteiger partial charge is 0.347 e. The molecule has 1 aliphatic heterocycles. The smallest absolute Gasteiger partial charge is 0.242 e. The normalized spacial score (nSPS) is 20.7. The molecule has 1 N–H and O–H groups in total. The number of imidazole rings is 1. The lowest BCUT2D eigenvalue weighted by atomic mass is 9.93. The van der Waals surface area contributed by atoms with Crippen LogP contribution in [0.5, 0.6) is 0 Å². The van der Waals surface area contributed by atoms with Crippen molar-refractivity contribution in [2.45, 2.75) is 26.8 Å². The summed E-state index contributed by atoms with van der Waals surface area (Å²) in [5.41, 5.74) is -0.970. The summed E-state index contributed by atoms with van der Waals surface area (Å²) in [4.78, 5) is 23.9. The molecule has 20 heavy (non-hydrogen) atoms. The summed E-state index contributed by atoms with van der Waals surface area (Å²) in [6.07, 6.45) is 3.52. The Morgan fingerprint density at radius 2 is 2.35 bits per heavy atom. The minimum absolute atomic E-state index is 0.0715. The molecule has 1 atom stereocenters. The summed E-state index contributed by atoms with van der Waals surface area (Å²) in [6.45, 7) is 8.39. The molecule has 6 heteroatoms. The summed E-state index contributed by atoms with van der Waals surface area (Å²) < 4.78 is 0. The van der Waals surface area contributed by atoms with Gasteiger partial charge >= 0.3 is 0 Å². The number of rotatable bonds is 3. The first-order valence-corrected chi connectivity index (χ1v) is 6.93. The van der Waals surface area contributed by atoms with Crippen molar-refractivity contribution < 1.29 is 4.79 Å². The molecule has 1 fully saturated rings. The Balaban J connectivity index is 2.17. The maximum Gasteiger partial charge on any atom is 0.242 e. The number of nitrogens with one attached hydrogen (secondary N) is 1. The van der Waals surface area contributed by atoms with Gasteiger partial charge < -0.3 is 9.88 Å². The Morgan fingerprint density at radius 3 is 2.90 bits per heavy atom. The highest BCUT2D eigenvalue weighted by molar-refractivity contribution is 5.84. The van der Waals surface area contributed by atoms with Gasteiger partial charge in [0.15, 0.2) is 0 Å². The molecule has 1 amide bonds. The molecule has 0 aliphatic carbocycles. The number of aromatic nitrogens is 2. The number of likely N-dealkylation sites (N-methyl/N-ethyl adjacent to an activating group) is 1. The Labute approximate surface area is 119 Å². The molecule has 1 unspecified atom stereocenters. The second-order valence-electron chi connectivity index (χ2n) is 5.61. The maximum absolute atomic E-state index is 12.4. The number of hydrogen-bond acceptors (Lipinski definition) is 4. The predicted octanol–water partition coefficient (Wildman–Crippen LogP) is 1.16. The lowest BCUT2D eigenvalue weighted by Gasteiger charge is -2.41. The third-order valence-corrected chi connectivity index (χ3v) is 3.83. The Morgan fingerprint density at radius 1 is 1.60 bits per heavy atom. The molecule has 1 aromatic heterocycles. The quantitative estimate of drug-likeness (QED) is 0.898. The average Bonchev–Trinajstić information content (AvgIpc) is 2.99. The topological polar surface area (TPSA) is 76.0 Å². The molecular formula is C14H21N5O. The Bertz CT molecular complexity index is 502. The number of H-pyrrole nitrogens is 1. The van der Waals surface area contributed by atoms with Gasteiger partial charge in [0.25, 0.3) is 0 Å². The molecule has 2 rings (SSSR count). The number of hydrogen-bond donors (Lipinski definition) is 1. The minimum Gasteiger partial charge on any atom is -0.347 e. The van der Waals surface area contributed by atoms with Crippen LogP contribution in [0, 0.1) is 16.7 Å². The van der Waals surface area contributed by atoms with Crippen LogP contribution in [0.4, 0.5) is 0 Å². The van der Waals surface area contributed by atoms with E-state index < -0.39 is 5.41 Å². The average molecular weight is 275 g/mol. The Kier molecular flexibility index (Phi) is 4.09. The van der Waals surface area contributed by atoms with Crippen molar-refractivity contribution in [3.05, 3.63) is 18.2 Å². The zero-order valence-electron chi connectivity index (χ0n) is 12.3. The highest BCUT2D eigenvalue weighted by atomic mass is 16.2. The van der Waals surface area contributed by atoms with Crippen molar-refractivity contribution in [2.24, 2.45) is 5.41 Å². The second kappa shape index (κ2) is 5.63. The molecule has 0 bridgehead atoms. The minimum atomic E-state index is -0.970. The van der Waals surface area contributed by atoms with Gasteiger partial charge in [-0.3, -0.25) is 9.69 Å². The number of aromatic amines is 1. The number of amides is 1. The fraction of sp³-hybridized carbons (Fsp3) is 0.643. The van der Waals surface area contributed by atoms with Gasteiger partial charge in [-0.25, -0.2) is 4.98 Å². The second-order valence-corrected chi connectivity index (χ2v) is 5.61. The van der Waals surface area contributed by atoms with Crippen molar-refractivity contribution in [1.29, 1.82) is 5.26 Å². The molecule has 1 aromatic rings. The van der Waals surface area contributed by atoms with Gasteiger partial charge in [-0.15, -0.1) is 0 Å². The van der Waals surface area contributed by atoms with E-state index in [1.165, 1.54) is 0 Å². The van der Waals surface area contributed by atoms with Gasteiger partial charge in [0.2, 0.25) is 5.91 Å². The number of carbonyl (C=O) groups is 1. The van der Waals surface area contributed by atoms with Crippen LogP contribution in [0.3, 0.4) is 0 Å². The molecule has 2 heterocycles. The molecular weight excluding hydrogens is 254 g/mol. The van der Waals surface area contributed by atoms with Crippen molar-refractivity contribution >= 4 is 5.91 Å². The predicted molar refractivity (Wildman–Crippen MR) is 74.5 cm³/mol. The van der Waals surface area contributed by atoms with Crippen molar-refractivity contribution in [3.63, 3.8) is 0 Å². The van der Waals surface area contributed by atoms with Gasteiger partial charge in [-0.2, -0.15) is 5.26 Å². The van der Waals surface area contributed by atoms with Crippen molar-refractivity contribution in [2.75, 3.05) is 26.2 Å². The van der Waals surface area contributed by atoms with E-state index in [9.17, 15) is 4.79 Å². The van der Waals surface area contributed by atoms with E-state index in [1.54, 1.807) is 31.1 Å². The summed E-state index contributed by atoms with van der Waals surface area (Å²) >= 11 is 0. The summed E-state index contributed by atoms with van der Waals surface area (Å²) in [7, 11) is 0. The van der Waals surface area contributed by atoms with E-state index in [-0.39, 0.29) is 11.9 Å². The van der Waals surface area contributed by atoms with E-state index in [2.05, 4.69) is 27.9 Å². The highest BCUT2D eigenvalue weighted by Gasteiger charge is 2.37.